The SMILES string of the molecule is CC(CNS(=O)(=O)CCCNC(C)C)CN1CCCC1. The van der Waals surface area contributed by atoms with Gasteiger partial charge in [0.15, 0.2) is 0 Å². The molecular formula is C14H31N3O2S. The van der Waals surface area contributed by atoms with Crippen LogP contribution < -0.4 is 10.0 Å². The summed E-state index contributed by atoms with van der Waals surface area (Å²) in [4.78, 5) is 2.42. The topological polar surface area (TPSA) is 61.4 Å². The Balaban J connectivity index is 2.14. The lowest BCUT2D eigenvalue weighted by Gasteiger charge is -2.20. The van der Waals surface area contributed by atoms with Crippen molar-refractivity contribution >= 4 is 10.0 Å². The summed E-state index contributed by atoms with van der Waals surface area (Å²) in [6, 6.07) is 0.408. The van der Waals surface area contributed by atoms with Crippen LogP contribution in [0.5, 0.6) is 0 Å². The van der Waals surface area contributed by atoms with Gasteiger partial charge >= 0.3 is 0 Å². The van der Waals surface area contributed by atoms with Crippen LogP contribution in [0.2, 0.25) is 0 Å². The summed E-state index contributed by atoms with van der Waals surface area (Å²) in [6.45, 7) is 10.9. The lowest BCUT2D eigenvalue weighted by atomic mass is 10.2. The minimum absolute atomic E-state index is 0.211. The Hall–Kier alpha value is -0.170. The van der Waals surface area contributed by atoms with E-state index in [2.05, 4.69) is 35.7 Å². The fourth-order valence-electron chi connectivity index (χ4n) is 2.46. The van der Waals surface area contributed by atoms with Crippen LogP contribution >= 0.6 is 0 Å². The molecule has 0 aromatic heterocycles. The average molecular weight is 305 g/mol. The van der Waals surface area contributed by atoms with Crippen molar-refractivity contribution in [2.75, 3.05) is 38.5 Å². The smallest absolute Gasteiger partial charge is 0.211 e. The van der Waals surface area contributed by atoms with E-state index in [1.165, 1.54) is 12.8 Å². The lowest BCUT2D eigenvalue weighted by Crippen LogP contribution is -2.36. The molecule has 1 aliphatic heterocycles. The summed E-state index contributed by atoms with van der Waals surface area (Å²) in [7, 11) is -3.12. The summed E-state index contributed by atoms with van der Waals surface area (Å²) in [6.07, 6.45) is 3.22. The van der Waals surface area contributed by atoms with Gasteiger partial charge in [-0.1, -0.05) is 20.8 Å². The number of hydrogen-bond acceptors (Lipinski definition) is 4. The van der Waals surface area contributed by atoms with Gasteiger partial charge in [0.05, 0.1) is 5.75 Å². The average Bonchev–Trinajstić information content (AvgIpc) is 2.85. The summed E-state index contributed by atoms with van der Waals surface area (Å²) >= 11 is 0. The van der Waals surface area contributed by atoms with Gasteiger partial charge in [-0.3, -0.25) is 0 Å². The summed E-state index contributed by atoms with van der Waals surface area (Å²) < 4.78 is 26.5. The zero-order chi connectivity index (χ0) is 15.0. The van der Waals surface area contributed by atoms with Crippen molar-refractivity contribution < 1.29 is 8.42 Å². The fourth-order valence-corrected chi connectivity index (χ4v) is 3.67. The number of rotatable bonds is 10. The van der Waals surface area contributed by atoms with Crippen LogP contribution in [-0.4, -0.2) is 57.8 Å². The molecule has 0 saturated carbocycles. The quantitative estimate of drug-likeness (QED) is 0.592. The lowest BCUT2D eigenvalue weighted by molar-refractivity contribution is 0.288. The molecule has 1 unspecified atom stereocenters. The number of sulfonamides is 1. The van der Waals surface area contributed by atoms with Crippen LogP contribution in [0.1, 0.15) is 40.0 Å². The molecule has 0 amide bonds. The Morgan fingerprint density at radius 2 is 1.80 bits per heavy atom. The van der Waals surface area contributed by atoms with E-state index < -0.39 is 10.0 Å². The van der Waals surface area contributed by atoms with Gasteiger partial charge < -0.3 is 10.2 Å². The van der Waals surface area contributed by atoms with E-state index in [0.29, 0.717) is 24.9 Å². The molecule has 0 spiro atoms. The van der Waals surface area contributed by atoms with Gasteiger partial charge in [-0.15, -0.1) is 0 Å². The zero-order valence-electron chi connectivity index (χ0n) is 13.2. The van der Waals surface area contributed by atoms with Gasteiger partial charge in [-0.2, -0.15) is 0 Å². The second-order valence-electron chi connectivity index (χ2n) is 6.24. The normalized spacial score (nSPS) is 18.8. The molecule has 5 nitrogen and oxygen atoms in total. The Morgan fingerprint density at radius 1 is 1.15 bits per heavy atom. The van der Waals surface area contributed by atoms with Gasteiger partial charge in [0.2, 0.25) is 10.0 Å². The van der Waals surface area contributed by atoms with Gasteiger partial charge in [0, 0.05) is 19.1 Å². The first kappa shape index (κ1) is 17.9. The molecule has 120 valence electrons. The third-order valence-electron chi connectivity index (χ3n) is 3.56. The Labute approximate surface area is 124 Å². The molecule has 0 radical (unpaired) electrons. The second kappa shape index (κ2) is 8.97. The van der Waals surface area contributed by atoms with Crippen LogP contribution in [0, 0.1) is 5.92 Å². The molecule has 1 fully saturated rings. The van der Waals surface area contributed by atoms with Crippen LogP contribution in [0.3, 0.4) is 0 Å². The van der Waals surface area contributed by atoms with Gasteiger partial charge in [-0.25, -0.2) is 13.1 Å². The van der Waals surface area contributed by atoms with Crippen LogP contribution in [-0.2, 0) is 10.0 Å². The molecule has 1 heterocycles. The highest BCUT2D eigenvalue weighted by Gasteiger charge is 2.16. The summed E-state index contributed by atoms with van der Waals surface area (Å²) in [5.41, 5.74) is 0. The van der Waals surface area contributed by atoms with Gasteiger partial charge in [-0.05, 0) is 44.8 Å². The maximum absolute atomic E-state index is 11.9. The maximum Gasteiger partial charge on any atom is 0.211 e. The highest BCUT2D eigenvalue weighted by molar-refractivity contribution is 7.89. The number of hydrogen-bond donors (Lipinski definition) is 2. The molecule has 1 rings (SSSR count). The number of nitrogens with zero attached hydrogens (tertiary/aromatic N) is 1. The van der Waals surface area contributed by atoms with Crippen molar-refractivity contribution in [3.05, 3.63) is 0 Å². The fraction of sp³-hybridized carbons (Fsp3) is 1.00. The predicted molar refractivity (Wildman–Crippen MR) is 84.4 cm³/mol. The molecule has 0 aromatic rings. The Bertz CT molecular complexity index is 351. The van der Waals surface area contributed by atoms with Crippen LogP contribution in [0.4, 0.5) is 0 Å². The highest BCUT2D eigenvalue weighted by Crippen LogP contribution is 2.09. The van der Waals surface area contributed by atoms with Crippen molar-refractivity contribution in [1.82, 2.24) is 14.9 Å². The van der Waals surface area contributed by atoms with E-state index >= 15 is 0 Å². The molecule has 20 heavy (non-hydrogen) atoms. The maximum atomic E-state index is 11.9. The van der Waals surface area contributed by atoms with Crippen LogP contribution in [0.25, 0.3) is 0 Å². The van der Waals surface area contributed by atoms with E-state index in [1.54, 1.807) is 0 Å². The van der Waals surface area contributed by atoms with Crippen molar-refractivity contribution in [2.45, 2.75) is 46.1 Å². The Kier molecular flexibility index (Phi) is 8.02. The first-order valence-electron chi connectivity index (χ1n) is 7.82. The molecule has 0 aliphatic carbocycles. The van der Waals surface area contributed by atoms with Crippen LogP contribution in [0.15, 0.2) is 0 Å². The Morgan fingerprint density at radius 3 is 2.40 bits per heavy atom. The van der Waals surface area contributed by atoms with Gasteiger partial charge in [0.25, 0.3) is 0 Å². The molecule has 1 atom stereocenters. The first-order valence-corrected chi connectivity index (χ1v) is 9.47. The van der Waals surface area contributed by atoms with E-state index in [4.69, 9.17) is 0 Å². The minimum atomic E-state index is -3.12. The number of nitrogens with one attached hydrogen (secondary N) is 2. The largest absolute Gasteiger partial charge is 0.314 e. The van der Waals surface area contributed by atoms with E-state index in [-0.39, 0.29) is 5.75 Å². The molecule has 2 N–H and O–H groups in total. The first-order chi connectivity index (χ1) is 9.39. The molecular weight excluding hydrogens is 274 g/mol. The van der Waals surface area contributed by atoms with Crippen molar-refractivity contribution in [3.8, 4) is 0 Å². The second-order valence-corrected chi connectivity index (χ2v) is 8.17. The molecule has 1 aliphatic rings. The molecule has 0 bridgehead atoms. The van der Waals surface area contributed by atoms with Crippen molar-refractivity contribution in [3.63, 3.8) is 0 Å². The zero-order valence-corrected chi connectivity index (χ0v) is 14.0. The van der Waals surface area contributed by atoms with Crippen molar-refractivity contribution in [1.29, 1.82) is 0 Å². The third kappa shape index (κ3) is 8.19. The molecule has 0 aromatic carbocycles. The van der Waals surface area contributed by atoms with E-state index in [9.17, 15) is 8.42 Å². The van der Waals surface area contributed by atoms with Gasteiger partial charge in [0.1, 0.15) is 0 Å². The monoisotopic (exact) mass is 305 g/mol. The highest BCUT2D eigenvalue weighted by atomic mass is 32.2. The summed E-state index contributed by atoms with van der Waals surface area (Å²) in [5, 5.41) is 3.23. The molecule has 6 heteroatoms. The molecule has 1 saturated heterocycles. The standard InChI is InChI=1S/C14H31N3O2S/c1-13(2)15-7-6-10-20(18,19)16-11-14(3)12-17-8-4-5-9-17/h13-16H,4-12H2,1-3H3. The van der Waals surface area contributed by atoms with Crippen molar-refractivity contribution in [2.24, 2.45) is 5.92 Å². The third-order valence-corrected chi connectivity index (χ3v) is 5.00. The van der Waals surface area contributed by atoms with E-state index in [1.807, 2.05) is 0 Å². The van der Waals surface area contributed by atoms with E-state index in [0.717, 1.165) is 26.2 Å². The predicted octanol–water partition coefficient (Wildman–Crippen LogP) is 1.03. The summed E-state index contributed by atoms with van der Waals surface area (Å²) in [5.74, 6) is 0.583. The number of likely N-dealkylation sites (tertiary alicyclic amines) is 1. The minimum Gasteiger partial charge on any atom is -0.314 e.